The Balaban J connectivity index is 0.00000208. The van der Waals surface area contributed by atoms with Gasteiger partial charge >= 0.3 is 0 Å². The van der Waals surface area contributed by atoms with E-state index in [2.05, 4.69) is 11.9 Å². The van der Waals surface area contributed by atoms with Gasteiger partial charge < -0.3 is 5.32 Å². The average molecular weight is 348 g/mol. The lowest BCUT2D eigenvalue weighted by Crippen LogP contribution is -2.43. The lowest BCUT2D eigenvalue weighted by molar-refractivity contribution is 0.0682. The lowest BCUT2D eigenvalue weighted by Gasteiger charge is -2.45. The van der Waals surface area contributed by atoms with Gasteiger partial charge in [0.1, 0.15) is 0 Å². The van der Waals surface area contributed by atoms with Crippen LogP contribution in [0.1, 0.15) is 68.3 Å². The summed E-state index contributed by atoms with van der Waals surface area (Å²) in [5.41, 5.74) is 2.00. The Morgan fingerprint density at radius 3 is 2.71 bits per heavy atom. The minimum Gasteiger partial charge on any atom is -0.351 e. The quantitative estimate of drug-likeness (QED) is 0.670. The highest BCUT2D eigenvalue weighted by molar-refractivity contribution is 6.33. The van der Waals surface area contributed by atoms with Gasteiger partial charge in [-0.05, 0) is 54.7 Å². The molecule has 3 rings (SSSR count). The number of fused-ring (bicyclic) bond motifs is 2. The van der Waals surface area contributed by atoms with Crippen molar-refractivity contribution in [2.75, 3.05) is 6.54 Å². The van der Waals surface area contributed by atoms with Crippen molar-refractivity contribution in [2.45, 2.75) is 58.8 Å². The maximum atomic E-state index is 12.6. The van der Waals surface area contributed by atoms with E-state index in [1.807, 2.05) is 24.3 Å². The van der Waals surface area contributed by atoms with Gasteiger partial charge in [0.25, 0.3) is 5.91 Å². The number of hydrogen-bond donors (Lipinski definition) is 1. The summed E-state index contributed by atoms with van der Waals surface area (Å²) >= 11 is 6.23. The summed E-state index contributed by atoms with van der Waals surface area (Å²) in [5, 5.41) is 3.70. The van der Waals surface area contributed by atoms with Crippen LogP contribution in [0.15, 0.2) is 30.9 Å². The molecular weight excluding hydrogens is 318 g/mol. The summed E-state index contributed by atoms with van der Waals surface area (Å²) in [7, 11) is 0. The van der Waals surface area contributed by atoms with Crippen LogP contribution in [0.5, 0.6) is 0 Å². The maximum Gasteiger partial charge on any atom is 0.252 e. The average Bonchev–Trinajstić information content (AvgIpc) is 2.55. The molecule has 0 heterocycles. The summed E-state index contributed by atoms with van der Waals surface area (Å²) in [6.07, 6.45) is 11.8. The van der Waals surface area contributed by atoms with E-state index in [0.717, 1.165) is 24.4 Å². The van der Waals surface area contributed by atoms with Gasteiger partial charge in [-0.1, -0.05) is 56.9 Å². The van der Waals surface area contributed by atoms with Crippen LogP contribution in [0.3, 0.4) is 0 Å². The van der Waals surface area contributed by atoms with Crippen molar-refractivity contribution in [1.29, 1.82) is 0 Å². The molecule has 0 aliphatic heterocycles. The van der Waals surface area contributed by atoms with E-state index < -0.39 is 0 Å². The molecule has 3 heteroatoms. The van der Waals surface area contributed by atoms with Crippen molar-refractivity contribution < 1.29 is 4.79 Å². The molecule has 2 aliphatic rings. The molecular formula is C21H30ClNO. The molecule has 2 nitrogen and oxygen atoms in total. The first kappa shape index (κ1) is 19.1. The maximum absolute atomic E-state index is 12.6. The molecule has 2 bridgehead atoms. The fourth-order valence-corrected chi connectivity index (χ4v) is 4.68. The molecule has 132 valence electrons. The second kappa shape index (κ2) is 8.20. The fraction of sp³-hybridized carbons (Fsp3) is 0.571. The van der Waals surface area contributed by atoms with Gasteiger partial charge in [-0.25, -0.2) is 0 Å². The van der Waals surface area contributed by atoms with Crippen LogP contribution in [0.25, 0.3) is 0 Å². The van der Waals surface area contributed by atoms with Crippen molar-refractivity contribution in [3.8, 4) is 0 Å². The Kier molecular flexibility index (Phi) is 6.51. The van der Waals surface area contributed by atoms with Crippen LogP contribution in [-0.4, -0.2) is 12.5 Å². The molecule has 2 fully saturated rings. The van der Waals surface area contributed by atoms with Crippen molar-refractivity contribution in [1.82, 2.24) is 5.32 Å². The van der Waals surface area contributed by atoms with Crippen molar-refractivity contribution in [2.24, 2.45) is 11.3 Å². The van der Waals surface area contributed by atoms with Crippen LogP contribution >= 0.6 is 11.6 Å². The third-order valence-electron chi connectivity index (χ3n) is 5.64. The third kappa shape index (κ3) is 4.22. The number of rotatable bonds is 5. The number of allylic oxidation sites excluding steroid dienone is 1. The molecule has 1 aromatic carbocycles. The summed E-state index contributed by atoms with van der Waals surface area (Å²) < 4.78 is 0. The fourth-order valence-electron chi connectivity index (χ4n) is 4.47. The number of carbonyl (C=O) groups is 1. The van der Waals surface area contributed by atoms with Gasteiger partial charge in [-0.15, -0.1) is 6.58 Å². The van der Waals surface area contributed by atoms with Crippen molar-refractivity contribution >= 4 is 17.5 Å². The Hall–Kier alpha value is -1.28. The van der Waals surface area contributed by atoms with Crippen LogP contribution in [0, 0.1) is 11.3 Å². The van der Waals surface area contributed by atoms with Crippen LogP contribution in [0.2, 0.25) is 5.02 Å². The first-order chi connectivity index (χ1) is 11.1. The molecule has 2 saturated carbocycles. The number of halogens is 1. The van der Waals surface area contributed by atoms with E-state index in [0.29, 0.717) is 16.0 Å². The van der Waals surface area contributed by atoms with Crippen LogP contribution < -0.4 is 5.32 Å². The minimum absolute atomic E-state index is 0. The Morgan fingerprint density at radius 2 is 2.04 bits per heavy atom. The topological polar surface area (TPSA) is 29.1 Å². The second-order valence-electron chi connectivity index (χ2n) is 7.34. The summed E-state index contributed by atoms with van der Waals surface area (Å²) in [4.78, 5) is 12.6. The Bertz CT molecular complexity index is 586. The summed E-state index contributed by atoms with van der Waals surface area (Å²) in [6.45, 7) is 4.55. The zero-order chi connectivity index (χ0) is 16.3. The predicted octanol–water partition coefficient (Wildman–Crippen LogP) is 5.79. The number of amides is 1. The highest BCUT2D eigenvalue weighted by Gasteiger charge is 2.39. The molecule has 1 N–H and O–H groups in total. The molecule has 0 atom stereocenters. The zero-order valence-electron chi connectivity index (χ0n) is 13.7. The molecule has 1 aromatic rings. The molecule has 0 spiro atoms. The van der Waals surface area contributed by atoms with Gasteiger partial charge in [0.05, 0.1) is 10.6 Å². The molecule has 0 saturated heterocycles. The summed E-state index contributed by atoms with van der Waals surface area (Å²) in [5.74, 6) is 0.844. The highest BCUT2D eigenvalue weighted by Crippen LogP contribution is 2.48. The number of nitrogens with one attached hydrogen (secondary N) is 1. The van der Waals surface area contributed by atoms with Gasteiger partial charge in [0, 0.05) is 6.54 Å². The normalized spacial score (nSPS) is 25.5. The van der Waals surface area contributed by atoms with Gasteiger partial charge in [-0.3, -0.25) is 4.79 Å². The lowest BCUT2D eigenvalue weighted by atomic mass is 9.62. The monoisotopic (exact) mass is 347 g/mol. The van der Waals surface area contributed by atoms with E-state index in [1.54, 1.807) is 0 Å². The standard InChI is InChI=1S/C20H26ClNO.CH4/c1-2-5-15-8-9-18(21)17(12-15)19(23)22-14-20-10-3-6-16(13-20)7-4-11-20;/h2,8-9,12,16H,1,3-7,10-11,13-14H2,(H,22,23);1H4. The summed E-state index contributed by atoms with van der Waals surface area (Å²) in [6, 6.07) is 5.65. The van der Waals surface area contributed by atoms with E-state index in [1.165, 1.54) is 44.9 Å². The van der Waals surface area contributed by atoms with Crippen molar-refractivity contribution in [3.63, 3.8) is 0 Å². The molecule has 2 aliphatic carbocycles. The van der Waals surface area contributed by atoms with Gasteiger partial charge in [-0.2, -0.15) is 0 Å². The third-order valence-corrected chi connectivity index (χ3v) is 5.97. The molecule has 0 unspecified atom stereocenters. The van der Waals surface area contributed by atoms with E-state index in [9.17, 15) is 4.79 Å². The first-order valence-electron chi connectivity index (χ1n) is 8.79. The Morgan fingerprint density at radius 1 is 1.33 bits per heavy atom. The molecule has 24 heavy (non-hydrogen) atoms. The number of benzene rings is 1. The second-order valence-corrected chi connectivity index (χ2v) is 7.75. The molecule has 1 amide bonds. The number of hydrogen-bond acceptors (Lipinski definition) is 1. The predicted molar refractivity (Wildman–Crippen MR) is 103 cm³/mol. The van der Waals surface area contributed by atoms with Crippen LogP contribution in [-0.2, 0) is 6.42 Å². The minimum atomic E-state index is -0.0389. The largest absolute Gasteiger partial charge is 0.351 e. The first-order valence-corrected chi connectivity index (χ1v) is 9.17. The smallest absolute Gasteiger partial charge is 0.252 e. The van der Waals surface area contributed by atoms with Gasteiger partial charge in [0.2, 0.25) is 0 Å². The van der Waals surface area contributed by atoms with Gasteiger partial charge in [0.15, 0.2) is 0 Å². The zero-order valence-corrected chi connectivity index (χ0v) is 14.5. The molecule has 0 aromatic heterocycles. The molecule has 0 radical (unpaired) electrons. The van der Waals surface area contributed by atoms with E-state index in [-0.39, 0.29) is 13.3 Å². The highest BCUT2D eigenvalue weighted by atomic mass is 35.5. The van der Waals surface area contributed by atoms with Crippen LogP contribution in [0.4, 0.5) is 0 Å². The van der Waals surface area contributed by atoms with E-state index >= 15 is 0 Å². The SMILES string of the molecule is C.C=CCc1ccc(Cl)c(C(=O)NCC23CCCC(CCC2)C3)c1. The van der Waals surface area contributed by atoms with Crippen molar-refractivity contribution in [3.05, 3.63) is 47.0 Å². The Labute approximate surface area is 151 Å². The van der Waals surface area contributed by atoms with E-state index in [4.69, 9.17) is 11.6 Å². The number of carbonyl (C=O) groups excluding carboxylic acids is 1.